The predicted molar refractivity (Wildman–Crippen MR) is 134 cm³/mol. The van der Waals surface area contributed by atoms with Crippen molar-refractivity contribution in [3.05, 3.63) is 94.4 Å². The fourth-order valence-corrected chi connectivity index (χ4v) is 4.75. The molecule has 9 nitrogen and oxygen atoms in total. The monoisotopic (exact) mass is 479 g/mol. The lowest BCUT2D eigenvalue weighted by Crippen LogP contribution is -2.25. The number of rotatable bonds is 5. The Kier molecular flexibility index (Phi) is 5.25. The van der Waals surface area contributed by atoms with Crippen molar-refractivity contribution >= 4 is 17.4 Å². The SMILES string of the molecule is Cc1ccccc1COc1cccc(C2CC(=O)Nc3c2c(C)nn3-c2ccc3nnc(C)n3n2)c1. The lowest BCUT2D eigenvalue weighted by molar-refractivity contribution is -0.116. The van der Waals surface area contributed by atoms with Crippen molar-refractivity contribution < 1.29 is 9.53 Å². The largest absolute Gasteiger partial charge is 0.489 e. The number of hydrogen-bond acceptors (Lipinski definition) is 6. The Hall–Kier alpha value is -4.53. The van der Waals surface area contributed by atoms with E-state index in [0.717, 1.165) is 28.1 Å². The Morgan fingerprint density at radius 1 is 1.00 bits per heavy atom. The number of amides is 1. The first-order valence-corrected chi connectivity index (χ1v) is 11.8. The number of nitrogens with zero attached hydrogens (tertiary/aromatic N) is 6. The quantitative estimate of drug-likeness (QED) is 0.404. The molecule has 1 N–H and O–H groups in total. The second-order valence-corrected chi connectivity index (χ2v) is 9.06. The predicted octanol–water partition coefficient (Wildman–Crippen LogP) is 4.29. The van der Waals surface area contributed by atoms with Crippen molar-refractivity contribution in [1.82, 2.24) is 29.6 Å². The van der Waals surface area contributed by atoms with Gasteiger partial charge in [-0.15, -0.1) is 15.3 Å². The fraction of sp³-hybridized carbons (Fsp3) is 0.222. The number of aryl methyl sites for hydroxylation is 3. The van der Waals surface area contributed by atoms with Gasteiger partial charge in [-0.25, -0.2) is 0 Å². The van der Waals surface area contributed by atoms with E-state index in [-0.39, 0.29) is 11.8 Å². The Morgan fingerprint density at radius 2 is 1.86 bits per heavy atom. The molecular formula is C27H25N7O2. The van der Waals surface area contributed by atoms with E-state index in [1.165, 1.54) is 5.56 Å². The third-order valence-corrected chi connectivity index (χ3v) is 6.64. The molecule has 1 atom stereocenters. The van der Waals surface area contributed by atoms with Gasteiger partial charge in [-0.2, -0.15) is 14.3 Å². The Bertz CT molecular complexity index is 1620. The van der Waals surface area contributed by atoms with Gasteiger partial charge >= 0.3 is 0 Å². The minimum absolute atomic E-state index is 0.0681. The lowest BCUT2D eigenvalue weighted by atomic mass is 9.86. The average molecular weight is 480 g/mol. The molecule has 0 saturated heterocycles. The molecule has 6 rings (SSSR count). The molecule has 9 heteroatoms. The van der Waals surface area contributed by atoms with Crippen LogP contribution in [0.15, 0.2) is 60.7 Å². The standard InChI is InChI=1S/C27H25N7O2/c1-16-7-4-5-8-20(16)15-36-21-10-6-9-19(13-21)22-14-25(35)28-27-26(22)17(2)31-34(27)24-12-11-23-30-29-18(3)33(23)32-24/h4-13,22H,14-15H2,1-3H3,(H,28,35). The maximum absolute atomic E-state index is 12.8. The van der Waals surface area contributed by atoms with E-state index in [2.05, 4.69) is 39.7 Å². The van der Waals surface area contributed by atoms with Gasteiger partial charge in [0.1, 0.15) is 18.2 Å². The molecule has 0 saturated carbocycles. The summed E-state index contributed by atoms with van der Waals surface area (Å²) in [6.07, 6.45) is 0.331. The molecule has 36 heavy (non-hydrogen) atoms. The van der Waals surface area contributed by atoms with Crippen LogP contribution < -0.4 is 10.1 Å². The van der Waals surface area contributed by atoms with E-state index < -0.39 is 0 Å². The number of nitrogens with one attached hydrogen (secondary N) is 1. The van der Waals surface area contributed by atoms with Gasteiger partial charge in [0.15, 0.2) is 17.3 Å². The van der Waals surface area contributed by atoms with E-state index in [4.69, 9.17) is 9.84 Å². The van der Waals surface area contributed by atoms with Gasteiger partial charge in [0, 0.05) is 17.9 Å². The Balaban J connectivity index is 1.36. The van der Waals surface area contributed by atoms with Crippen LogP contribution in [0, 0.1) is 20.8 Å². The molecule has 1 unspecified atom stereocenters. The third-order valence-electron chi connectivity index (χ3n) is 6.64. The first kappa shape index (κ1) is 22.0. The van der Waals surface area contributed by atoms with Crippen molar-refractivity contribution in [3.8, 4) is 11.6 Å². The van der Waals surface area contributed by atoms with E-state index in [1.54, 1.807) is 9.20 Å². The number of aromatic nitrogens is 6. The van der Waals surface area contributed by atoms with Crippen molar-refractivity contribution in [1.29, 1.82) is 0 Å². The number of hydrogen-bond donors (Lipinski definition) is 1. The Labute approximate surface area is 207 Å². The summed E-state index contributed by atoms with van der Waals surface area (Å²) in [5, 5.41) is 20.6. The van der Waals surface area contributed by atoms with Gasteiger partial charge in [0.25, 0.3) is 0 Å². The van der Waals surface area contributed by atoms with Gasteiger partial charge in [-0.3, -0.25) is 4.79 Å². The molecule has 0 bridgehead atoms. The maximum atomic E-state index is 12.8. The maximum Gasteiger partial charge on any atom is 0.226 e. The molecule has 0 radical (unpaired) electrons. The minimum Gasteiger partial charge on any atom is -0.489 e. The summed E-state index contributed by atoms with van der Waals surface area (Å²) in [4.78, 5) is 12.8. The third kappa shape index (κ3) is 3.78. The number of carbonyl (C=O) groups excluding carboxylic acids is 1. The highest BCUT2D eigenvalue weighted by atomic mass is 16.5. The van der Waals surface area contributed by atoms with E-state index in [0.29, 0.717) is 36.1 Å². The molecule has 1 aliphatic rings. The van der Waals surface area contributed by atoms with Crippen molar-refractivity contribution in [2.45, 2.75) is 39.7 Å². The molecule has 0 fully saturated rings. The molecule has 2 aromatic carbocycles. The van der Waals surface area contributed by atoms with Crippen LogP contribution in [0.4, 0.5) is 5.82 Å². The van der Waals surface area contributed by atoms with E-state index in [9.17, 15) is 4.79 Å². The summed E-state index contributed by atoms with van der Waals surface area (Å²) >= 11 is 0. The topological polar surface area (TPSA) is 99.2 Å². The normalized spacial score (nSPS) is 15.1. The van der Waals surface area contributed by atoms with Crippen LogP contribution in [-0.2, 0) is 11.4 Å². The van der Waals surface area contributed by atoms with Crippen molar-refractivity contribution in [2.75, 3.05) is 5.32 Å². The number of fused-ring (bicyclic) bond motifs is 2. The molecule has 4 heterocycles. The summed E-state index contributed by atoms with van der Waals surface area (Å²) in [5.41, 5.74) is 5.81. The van der Waals surface area contributed by atoms with Crippen LogP contribution in [0.1, 0.15) is 46.1 Å². The van der Waals surface area contributed by atoms with Crippen LogP contribution in [0.25, 0.3) is 11.5 Å². The summed E-state index contributed by atoms with van der Waals surface area (Å²) in [6, 6.07) is 19.8. The van der Waals surface area contributed by atoms with Crippen LogP contribution in [0.2, 0.25) is 0 Å². The number of anilines is 1. The fourth-order valence-electron chi connectivity index (χ4n) is 4.75. The highest BCUT2D eigenvalue weighted by molar-refractivity contribution is 5.95. The minimum atomic E-state index is -0.148. The first-order valence-electron chi connectivity index (χ1n) is 11.8. The zero-order valence-corrected chi connectivity index (χ0v) is 20.3. The lowest BCUT2D eigenvalue weighted by Gasteiger charge is -2.24. The summed E-state index contributed by atoms with van der Waals surface area (Å²) in [7, 11) is 0. The van der Waals surface area contributed by atoms with Gasteiger partial charge in [-0.05, 0) is 61.7 Å². The van der Waals surface area contributed by atoms with Gasteiger partial charge < -0.3 is 10.1 Å². The Morgan fingerprint density at radius 3 is 2.72 bits per heavy atom. The summed E-state index contributed by atoms with van der Waals surface area (Å²) in [6.45, 7) is 6.36. The van der Waals surface area contributed by atoms with Crippen LogP contribution in [-0.4, -0.2) is 35.5 Å². The zero-order chi connectivity index (χ0) is 24.8. The molecule has 3 aromatic heterocycles. The molecule has 5 aromatic rings. The molecule has 180 valence electrons. The molecule has 0 spiro atoms. The average Bonchev–Trinajstić information content (AvgIpc) is 3.42. The number of benzene rings is 2. The van der Waals surface area contributed by atoms with E-state index in [1.807, 2.05) is 62.4 Å². The van der Waals surface area contributed by atoms with Crippen molar-refractivity contribution in [3.63, 3.8) is 0 Å². The van der Waals surface area contributed by atoms with Gasteiger partial charge in [-0.1, -0.05) is 36.4 Å². The van der Waals surface area contributed by atoms with E-state index >= 15 is 0 Å². The first-order chi connectivity index (χ1) is 17.5. The molecule has 1 aliphatic heterocycles. The zero-order valence-electron chi connectivity index (χ0n) is 20.3. The van der Waals surface area contributed by atoms with Crippen LogP contribution in [0.3, 0.4) is 0 Å². The van der Waals surface area contributed by atoms with Crippen LogP contribution in [0.5, 0.6) is 5.75 Å². The molecule has 0 aliphatic carbocycles. The second-order valence-electron chi connectivity index (χ2n) is 9.06. The highest BCUT2D eigenvalue weighted by Gasteiger charge is 2.33. The molecule has 1 amide bonds. The summed E-state index contributed by atoms with van der Waals surface area (Å²) in [5.74, 6) is 2.44. The van der Waals surface area contributed by atoms with Gasteiger partial charge in [0.2, 0.25) is 5.91 Å². The highest BCUT2D eigenvalue weighted by Crippen LogP contribution is 2.40. The smallest absolute Gasteiger partial charge is 0.226 e. The summed E-state index contributed by atoms with van der Waals surface area (Å²) < 4.78 is 9.47. The number of carbonyl (C=O) groups is 1. The molecular weight excluding hydrogens is 454 g/mol. The number of ether oxygens (including phenoxy) is 1. The second kappa shape index (κ2) is 8.60. The van der Waals surface area contributed by atoms with Crippen molar-refractivity contribution in [2.24, 2.45) is 0 Å². The van der Waals surface area contributed by atoms with Crippen LogP contribution >= 0.6 is 0 Å². The van der Waals surface area contributed by atoms with Gasteiger partial charge in [0.05, 0.1) is 5.69 Å².